The van der Waals surface area contributed by atoms with E-state index in [-0.39, 0.29) is 11.6 Å². The zero-order chi connectivity index (χ0) is 11.5. The van der Waals surface area contributed by atoms with Gasteiger partial charge in [-0.3, -0.25) is 0 Å². The number of allylic oxidation sites excluding steroid dienone is 1. The molecule has 0 aliphatic heterocycles. The van der Waals surface area contributed by atoms with Crippen LogP contribution >= 0.6 is 0 Å². The van der Waals surface area contributed by atoms with Crippen molar-refractivity contribution in [2.45, 2.75) is 25.4 Å². The standard InChI is InChI=1S/C13H15FO2/c1-16-13-6-5-10(8-12(13)14)9-3-2-4-11(15)7-9/h5-8,11,15H,2-4H2,1H3. The molecule has 0 fully saturated rings. The molecular formula is C13H15FO2. The summed E-state index contributed by atoms with van der Waals surface area (Å²) < 4.78 is 18.4. The van der Waals surface area contributed by atoms with Crippen molar-refractivity contribution in [2.24, 2.45) is 0 Å². The lowest BCUT2D eigenvalue weighted by molar-refractivity contribution is 0.206. The molecule has 2 rings (SSSR count). The Labute approximate surface area is 94.4 Å². The Hall–Kier alpha value is -1.35. The van der Waals surface area contributed by atoms with Gasteiger partial charge in [0.15, 0.2) is 11.6 Å². The van der Waals surface area contributed by atoms with Crippen LogP contribution in [0.25, 0.3) is 5.57 Å². The summed E-state index contributed by atoms with van der Waals surface area (Å²) in [4.78, 5) is 0. The van der Waals surface area contributed by atoms with Gasteiger partial charge in [0.05, 0.1) is 13.2 Å². The predicted molar refractivity (Wildman–Crippen MR) is 60.8 cm³/mol. The van der Waals surface area contributed by atoms with Crippen LogP contribution in [0.5, 0.6) is 5.75 Å². The first kappa shape index (κ1) is 11.1. The second-order valence-electron chi connectivity index (χ2n) is 4.00. The van der Waals surface area contributed by atoms with Crippen molar-refractivity contribution in [3.63, 3.8) is 0 Å². The van der Waals surface area contributed by atoms with Crippen molar-refractivity contribution in [3.05, 3.63) is 35.7 Å². The molecule has 1 aliphatic rings. The topological polar surface area (TPSA) is 29.5 Å². The fraction of sp³-hybridized carbons (Fsp3) is 0.385. The highest BCUT2D eigenvalue weighted by atomic mass is 19.1. The molecule has 1 atom stereocenters. The Morgan fingerprint density at radius 2 is 2.25 bits per heavy atom. The van der Waals surface area contributed by atoms with Crippen LogP contribution in [0.2, 0.25) is 0 Å². The van der Waals surface area contributed by atoms with Crippen molar-refractivity contribution >= 4 is 5.57 Å². The van der Waals surface area contributed by atoms with Gasteiger partial charge < -0.3 is 9.84 Å². The fourth-order valence-corrected chi connectivity index (χ4v) is 2.01. The van der Waals surface area contributed by atoms with Crippen molar-refractivity contribution < 1.29 is 14.2 Å². The summed E-state index contributed by atoms with van der Waals surface area (Å²) in [6.45, 7) is 0. The minimum absolute atomic E-state index is 0.251. The Bertz CT molecular complexity index is 412. The normalized spacial score (nSPS) is 20.4. The zero-order valence-electron chi connectivity index (χ0n) is 9.24. The second-order valence-corrected chi connectivity index (χ2v) is 4.00. The van der Waals surface area contributed by atoms with Gasteiger partial charge in [0.1, 0.15) is 0 Å². The zero-order valence-corrected chi connectivity index (χ0v) is 9.24. The van der Waals surface area contributed by atoms with Gasteiger partial charge in [-0.1, -0.05) is 12.1 Å². The van der Waals surface area contributed by atoms with E-state index in [9.17, 15) is 9.50 Å². The van der Waals surface area contributed by atoms with E-state index in [1.165, 1.54) is 13.2 Å². The molecule has 1 aromatic rings. The van der Waals surface area contributed by atoms with E-state index in [2.05, 4.69) is 0 Å². The molecule has 3 heteroatoms. The maximum Gasteiger partial charge on any atom is 0.165 e. The molecule has 1 N–H and O–H groups in total. The van der Waals surface area contributed by atoms with Crippen LogP contribution in [0, 0.1) is 5.82 Å². The lowest BCUT2D eigenvalue weighted by Crippen LogP contribution is -2.08. The van der Waals surface area contributed by atoms with Crippen molar-refractivity contribution in [1.29, 1.82) is 0 Å². The highest BCUT2D eigenvalue weighted by molar-refractivity contribution is 5.67. The number of benzene rings is 1. The number of methoxy groups -OCH3 is 1. The van der Waals surface area contributed by atoms with Crippen LogP contribution in [0.1, 0.15) is 24.8 Å². The quantitative estimate of drug-likeness (QED) is 0.833. The lowest BCUT2D eigenvalue weighted by atomic mass is 9.92. The van der Waals surface area contributed by atoms with E-state index >= 15 is 0 Å². The van der Waals surface area contributed by atoms with Crippen LogP contribution in [-0.2, 0) is 0 Å². The summed E-state index contributed by atoms with van der Waals surface area (Å²) in [6.07, 6.45) is 4.05. The summed E-state index contributed by atoms with van der Waals surface area (Å²) >= 11 is 0. The molecule has 1 unspecified atom stereocenters. The minimum Gasteiger partial charge on any atom is -0.494 e. The molecule has 0 saturated carbocycles. The van der Waals surface area contributed by atoms with Crippen molar-refractivity contribution in [1.82, 2.24) is 0 Å². The van der Waals surface area contributed by atoms with E-state index < -0.39 is 6.10 Å². The van der Waals surface area contributed by atoms with Gasteiger partial charge in [-0.15, -0.1) is 0 Å². The van der Waals surface area contributed by atoms with Gasteiger partial charge in [0.2, 0.25) is 0 Å². The monoisotopic (exact) mass is 222 g/mol. The summed E-state index contributed by atoms with van der Waals surface area (Å²) in [7, 11) is 1.45. The number of hydrogen-bond donors (Lipinski definition) is 1. The van der Waals surface area contributed by atoms with Crippen LogP contribution in [0.4, 0.5) is 4.39 Å². The summed E-state index contributed by atoms with van der Waals surface area (Å²) in [5, 5.41) is 9.52. The van der Waals surface area contributed by atoms with Crippen LogP contribution in [-0.4, -0.2) is 18.3 Å². The molecule has 0 bridgehead atoms. The number of ether oxygens (including phenoxy) is 1. The molecule has 0 radical (unpaired) electrons. The molecule has 0 heterocycles. The molecule has 1 aliphatic carbocycles. The van der Waals surface area contributed by atoms with Crippen LogP contribution < -0.4 is 4.74 Å². The molecule has 0 aromatic heterocycles. The molecule has 2 nitrogen and oxygen atoms in total. The molecular weight excluding hydrogens is 207 g/mol. The Balaban J connectivity index is 2.30. The Kier molecular flexibility index (Phi) is 3.25. The van der Waals surface area contributed by atoms with Gasteiger partial charge in [0.25, 0.3) is 0 Å². The highest BCUT2D eigenvalue weighted by Crippen LogP contribution is 2.29. The summed E-state index contributed by atoms with van der Waals surface area (Å²) in [5.41, 5.74) is 1.84. The first-order chi connectivity index (χ1) is 7.70. The van der Waals surface area contributed by atoms with Crippen molar-refractivity contribution in [3.8, 4) is 5.75 Å². The summed E-state index contributed by atoms with van der Waals surface area (Å²) in [5.74, 6) is -0.110. The fourth-order valence-electron chi connectivity index (χ4n) is 2.01. The van der Waals surface area contributed by atoms with E-state index in [1.54, 1.807) is 6.07 Å². The highest BCUT2D eigenvalue weighted by Gasteiger charge is 2.13. The third kappa shape index (κ3) is 2.25. The number of rotatable bonds is 2. The summed E-state index contributed by atoms with van der Waals surface area (Å²) in [6, 6.07) is 4.90. The maximum absolute atomic E-state index is 13.5. The van der Waals surface area contributed by atoms with E-state index in [4.69, 9.17) is 4.74 Å². The minimum atomic E-state index is -0.395. The predicted octanol–water partition coefficient (Wildman–Crippen LogP) is 2.76. The SMILES string of the molecule is COc1ccc(C2=CC(O)CCC2)cc1F. The second kappa shape index (κ2) is 4.66. The Morgan fingerprint density at radius 3 is 2.88 bits per heavy atom. The molecule has 0 amide bonds. The van der Waals surface area contributed by atoms with E-state index in [0.29, 0.717) is 0 Å². The van der Waals surface area contributed by atoms with E-state index in [1.807, 2.05) is 12.1 Å². The first-order valence-corrected chi connectivity index (χ1v) is 5.43. The third-order valence-electron chi connectivity index (χ3n) is 2.86. The molecule has 1 aromatic carbocycles. The lowest BCUT2D eigenvalue weighted by Gasteiger charge is -2.17. The van der Waals surface area contributed by atoms with Crippen molar-refractivity contribution in [2.75, 3.05) is 7.11 Å². The molecule has 16 heavy (non-hydrogen) atoms. The van der Waals surface area contributed by atoms with Crippen LogP contribution in [0.15, 0.2) is 24.3 Å². The largest absolute Gasteiger partial charge is 0.494 e. The van der Waals surface area contributed by atoms with Gasteiger partial charge in [-0.25, -0.2) is 4.39 Å². The number of hydrogen-bond acceptors (Lipinski definition) is 2. The number of halogens is 1. The van der Waals surface area contributed by atoms with Gasteiger partial charge in [-0.2, -0.15) is 0 Å². The Morgan fingerprint density at radius 1 is 1.44 bits per heavy atom. The van der Waals surface area contributed by atoms with Gasteiger partial charge in [0, 0.05) is 0 Å². The smallest absolute Gasteiger partial charge is 0.165 e. The molecule has 0 saturated heterocycles. The first-order valence-electron chi connectivity index (χ1n) is 5.43. The van der Waals surface area contributed by atoms with Gasteiger partial charge >= 0.3 is 0 Å². The van der Waals surface area contributed by atoms with Crippen LogP contribution in [0.3, 0.4) is 0 Å². The van der Waals surface area contributed by atoms with Gasteiger partial charge in [-0.05, 0) is 42.5 Å². The average molecular weight is 222 g/mol. The third-order valence-corrected chi connectivity index (χ3v) is 2.86. The maximum atomic E-state index is 13.5. The number of aliphatic hydroxyl groups excluding tert-OH is 1. The molecule has 86 valence electrons. The molecule has 0 spiro atoms. The van der Waals surface area contributed by atoms with E-state index in [0.717, 1.165) is 30.4 Å². The average Bonchev–Trinajstić information content (AvgIpc) is 2.29. The number of aliphatic hydroxyl groups is 1.